The molecule has 6 heteroatoms. The van der Waals surface area contributed by atoms with Crippen LogP contribution in [-0.4, -0.2) is 28.7 Å². The maximum Gasteiger partial charge on any atom is 0.217 e. The zero-order valence-electron chi connectivity index (χ0n) is 26.1. The normalized spacial score (nSPS) is 11.9. The number of benzene rings is 6. The Morgan fingerprint density at radius 2 is 1.04 bits per heavy atom. The summed E-state index contributed by atoms with van der Waals surface area (Å²) in [5, 5.41) is 4.81. The molecule has 0 aliphatic rings. The second-order valence-electron chi connectivity index (χ2n) is 12.2. The van der Waals surface area contributed by atoms with Gasteiger partial charge in [0.2, 0.25) is 5.95 Å². The molecular formula is C42H28N6. The molecule has 0 bridgehead atoms. The maximum absolute atomic E-state index is 5.30. The zero-order chi connectivity index (χ0) is 31.8. The maximum atomic E-state index is 5.30. The number of hydrogen-bond acceptors (Lipinski definition) is 3. The molecule has 0 radical (unpaired) electrons. The van der Waals surface area contributed by atoms with Crippen molar-refractivity contribution in [2.24, 2.45) is 7.05 Å². The lowest BCUT2D eigenvalue weighted by Crippen LogP contribution is -2.04. The summed E-state index contributed by atoms with van der Waals surface area (Å²) in [6, 6.07) is 53.0. The Morgan fingerprint density at radius 1 is 0.438 bits per heavy atom. The molecular weight excluding hydrogens is 589 g/mol. The van der Waals surface area contributed by atoms with Gasteiger partial charge in [0.15, 0.2) is 11.5 Å². The number of nitrogens with zero attached hydrogens (tertiary/aromatic N) is 6. The molecule has 0 N–H and O–H groups in total. The molecule has 0 aliphatic heterocycles. The fraction of sp³-hybridized carbons (Fsp3) is 0.0238. The first-order chi connectivity index (χ1) is 23.8. The van der Waals surface area contributed by atoms with Gasteiger partial charge in [-0.1, -0.05) is 121 Å². The van der Waals surface area contributed by atoms with Crippen molar-refractivity contribution >= 4 is 54.8 Å². The number of aromatic nitrogens is 6. The predicted molar refractivity (Wildman–Crippen MR) is 196 cm³/mol. The van der Waals surface area contributed by atoms with Crippen LogP contribution in [0.5, 0.6) is 0 Å². The highest BCUT2D eigenvalue weighted by atomic mass is 15.3. The zero-order valence-corrected chi connectivity index (χ0v) is 26.1. The number of fused-ring (bicyclic) bond motifs is 8. The van der Waals surface area contributed by atoms with Crippen molar-refractivity contribution in [1.29, 1.82) is 0 Å². The van der Waals surface area contributed by atoms with Crippen LogP contribution in [0.15, 0.2) is 152 Å². The van der Waals surface area contributed by atoms with Crippen LogP contribution in [0.4, 0.5) is 0 Å². The summed E-state index contributed by atoms with van der Waals surface area (Å²) in [7, 11) is 2.07. The van der Waals surface area contributed by atoms with Crippen molar-refractivity contribution in [2.45, 2.75) is 0 Å². The Morgan fingerprint density at radius 3 is 1.77 bits per heavy atom. The van der Waals surface area contributed by atoms with Gasteiger partial charge < -0.3 is 9.13 Å². The van der Waals surface area contributed by atoms with Gasteiger partial charge >= 0.3 is 0 Å². The SMILES string of the molecule is Cn1c(-n2c3ccccc3c3c2ccc2c4ccccc4n(-c4ccccc4)c23)nc2nc(-c3ccccc3)nc(-c3ccccc3)c21. The molecule has 226 valence electrons. The summed E-state index contributed by atoms with van der Waals surface area (Å²) >= 11 is 0. The molecule has 10 aromatic rings. The topological polar surface area (TPSA) is 53.5 Å². The lowest BCUT2D eigenvalue weighted by molar-refractivity contribution is 0.869. The van der Waals surface area contributed by atoms with Gasteiger partial charge in [0, 0.05) is 45.4 Å². The van der Waals surface area contributed by atoms with Gasteiger partial charge in [0.25, 0.3) is 0 Å². The minimum atomic E-state index is 0.655. The van der Waals surface area contributed by atoms with Crippen molar-refractivity contribution in [3.05, 3.63) is 152 Å². The Hall–Kier alpha value is -6.53. The van der Waals surface area contributed by atoms with E-state index in [1.165, 1.54) is 32.6 Å². The Balaban J connectivity index is 1.34. The summed E-state index contributed by atoms with van der Waals surface area (Å²) in [6.45, 7) is 0. The average Bonchev–Trinajstić information content (AvgIpc) is 3.79. The number of imidazole rings is 1. The molecule has 0 saturated heterocycles. The molecule has 48 heavy (non-hydrogen) atoms. The van der Waals surface area contributed by atoms with E-state index in [-0.39, 0.29) is 0 Å². The lowest BCUT2D eigenvalue weighted by Gasteiger charge is -2.10. The molecule has 0 unspecified atom stereocenters. The molecule has 6 aromatic carbocycles. The summed E-state index contributed by atoms with van der Waals surface area (Å²) in [6.07, 6.45) is 0. The van der Waals surface area contributed by atoms with Gasteiger partial charge in [-0.05, 0) is 30.3 Å². The molecule has 0 saturated carbocycles. The minimum Gasteiger partial charge on any atom is -0.309 e. The van der Waals surface area contributed by atoms with Crippen LogP contribution < -0.4 is 0 Å². The van der Waals surface area contributed by atoms with Gasteiger partial charge in [-0.3, -0.25) is 4.57 Å². The first kappa shape index (κ1) is 26.7. The highest BCUT2D eigenvalue weighted by Crippen LogP contribution is 2.42. The third kappa shape index (κ3) is 3.77. The molecule has 4 heterocycles. The summed E-state index contributed by atoms with van der Waals surface area (Å²) in [5.74, 6) is 1.44. The molecule has 0 fully saturated rings. The van der Waals surface area contributed by atoms with E-state index in [2.05, 4.69) is 124 Å². The standard InChI is InChI=1S/C42H28N6/c1-46-39-37(27-15-5-2-6-16-27)43-40(28-17-7-3-8-18-28)44-41(39)45-42(46)48-34-24-14-12-22-32(34)36-35(48)26-25-31-30-21-11-13-23-33(30)47(38(31)36)29-19-9-4-10-20-29/h2-26H,1H3. The molecule has 10 rings (SSSR count). The first-order valence-electron chi connectivity index (χ1n) is 16.1. The minimum absolute atomic E-state index is 0.655. The van der Waals surface area contributed by atoms with Crippen LogP contribution in [0, 0.1) is 0 Å². The fourth-order valence-electron chi connectivity index (χ4n) is 7.38. The molecule has 0 amide bonds. The molecule has 0 aliphatic carbocycles. The van der Waals surface area contributed by atoms with Crippen molar-refractivity contribution < 1.29 is 0 Å². The van der Waals surface area contributed by atoms with E-state index in [1.54, 1.807) is 0 Å². The van der Waals surface area contributed by atoms with E-state index in [0.717, 1.165) is 45.0 Å². The van der Waals surface area contributed by atoms with Crippen molar-refractivity contribution in [3.8, 4) is 34.3 Å². The average molecular weight is 617 g/mol. The number of hydrogen-bond donors (Lipinski definition) is 0. The summed E-state index contributed by atoms with van der Waals surface area (Å²) < 4.78 is 6.84. The second kappa shape index (κ2) is 10.2. The molecule has 4 aromatic heterocycles. The van der Waals surface area contributed by atoms with Gasteiger partial charge in [0.05, 0.1) is 22.1 Å². The van der Waals surface area contributed by atoms with Gasteiger partial charge in [-0.2, -0.15) is 4.98 Å². The van der Waals surface area contributed by atoms with Crippen LogP contribution in [0.3, 0.4) is 0 Å². The van der Waals surface area contributed by atoms with E-state index >= 15 is 0 Å². The Bertz CT molecular complexity index is 2830. The third-order valence-corrected chi connectivity index (χ3v) is 9.47. The smallest absolute Gasteiger partial charge is 0.217 e. The molecule has 0 spiro atoms. The van der Waals surface area contributed by atoms with E-state index in [4.69, 9.17) is 15.0 Å². The largest absolute Gasteiger partial charge is 0.309 e. The van der Waals surface area contributed by atoms with E-state index in [1.807, 2.05) is 48.5 Å². The van der Waals surface area contributed by atoms with Crippen LogP contribution in [0.25, 0.3) is 89.1 Å². The van der Waals surface area contributed by atoms with E-state index < -0.39 is 0 Å². The number of rotatable bonds is 4. The lowest BCUT2D eigenvalue weighted by atomic mass is 10.1. The highest BCUT2D eigenvalue weighted by molar-refractivity contribution is 6.26. The first-order valence-corrected chi connectivity index (χ1v) is 16.1. The van der Waals surface area contributed by atoms with Crippen LogP contribution in [0.1, 0.15) is 0 Å². The van der Waals surface area contributed by atoms with Crippen LogP contribution >= 0.6 is 0 Å². The van der Waals surface area contributed by atoms with Gasteiger partial charge in [0.1, 0.15) is 11.2 Å². The summed E-state index contributed by atoms with van der Waals surface area (Å²) in [4.78, 5) is 15.5. The Kier molecular flexibility index (Phi) is 5.69. The molecule has 6 nitrogen and oxygen atoms in total. The van der Waals surface area contributed by atoms with Crippen LogP contribution in [-0.2, 0) is 7.05 Å². The molecule has 0 atom stereocenters. The summed E-state index contributed by atoms with van der Waals surface area (Å²) in [5.41, 5.74) is 10.0. The van der Waals surface area contributed by atoms with Gasteiger partial charge in [-0.25, -0.2) is 9.97 Å². The van der Waals surface area contributed by atoms with Crippen molar-refractivity contribution in [1.82, 2.24) is 28.7 Å². The van der Waals surface area contributed by atoms with Crippen molar-refractivity contribution in [2.75, 3.05) is 0 Å². The fourth-order valence-corrected chi connectivity index (χ4v) is 7.38. The van der Waals surface area contributed by atoms with Crippen molar-refractivity contribution in [3.63, 3.8) is 0 Å². The predicted octanol–water partition coefficient (Wildman–Crippen LogP) is 9.89. The third-order valence-electron chi connectivity index (χ3n) is 9.47. The highest BCUT2D eigenvalue weighted by Gasteiger charge is 2.24. The van der Waals surface area contributed by atoms with Gasteiger partial charge in [-0.15, -0.1) is 0 Å². The quantitative estimate of drug-likeness (QED) is 0.198. The monoisotopic (exact) mass is 616 g/mol. The van der Waals surface area contributed by atoms with Crippen LogP contribution in [0.2, 0.25) is 0 Å². The van der Waals surface area contributed by atoms with E-state index in [0.29, 0.717) is 11.5 Å². The van der Waals surface area contributed by atoms with E-state index in [9.17, 15) is 0 Å². The number of aryl methyl sites for hydroxylation is 1. The number of para-hydroxylation sites is 3. The Labute approximate surface area is 275 Å². The second-order valence-corrected chi connectivity index (χ2v) is 12.2.